The number of carbonyl (C=O) groups is 3. The summed E-state index contributed by atoms with van der Waals surface area (Å²) < 4.78 is 12.6. The lowest BCUT2D eigenvalue weighted by Crippen LogP contribution is -2.69. The summed E-state index contributed by atoms with van der Waals surface area (Å²) in [5.41, 5.74) is 8.70. The summed E-state index contributed by atoms with van der Waals surface area (Å²) in [4.78, 5) is 37.9. The van der Waals surface area contributed by atoms with Crippen molar-refractivity contribution in [1.82, 2.24) is 15.5 Å². The average molecular weight is 867 g/mol. The number of ether oxygens (including phenoxy) is 2. The molecule has 5 heterocycles. The molecule has 3 amide bonds. The van der Waals surface area contributed by atoms with Gasteiger partial charge in [0.15, 0.2) is 17.1 Å². The Morgan fingerprint density at radius 3 is 2.16 bits per heavy atom. The number of hydrogen-bond acceptors (Lipinski definition) is 8. The number of aryl methyl sites for hydroxylation is 1. The Labute approximate surface area is 379 Å². The number of phenolic OH excluding ortho intramolecular Hbond substituents is 1. The van der Waals surface area contributed by atoms with Gasteiger partial charge in [0.05, 0.1) is 0 Å². The van der Waals surface area contributed by atoms with Crippen LogP contribution in [-0.4, -0.2) is 72.7 Å². The van der Waals surface area contributed by atoms with E-state index in [0.717, 1.165) is 62.8 Å². The number of likely N-dealkylation sites (tertiary alicyclic amines) is 1. The molecule has 0 radical (unpaired) electrons. The molecule has 338 valence electrons. The van der Waals surface area contributed by atoms with E-state index in [1.54, 1.807) is 0 Å². The van der Waals surface area contributed by atoms with Crippen LogP contribution in [0.4, 0.5) is 5.69 Å². The summed E-state index contributed by atoms with van der Waals surface area (Å²) in [6.07, 6.45) is 13.0. The quantitative estimate of drug-likeness (QED) is 0.134. The first kappa shape index (κ1) is 45.0. The zero-order valence-corrected chi connectivity index (χ0v) is 38.2. The topological polar surface area (TPSA) is 120 Å². The van der Waals surface area contributed by atoms with Gasteiger partial charge in [0.25, 0.3) is 5.91 Å². The number of aromatic hydroxyl groups is 1. The summed E-state index contributed by atoms with van der Waals surface area (Å²) in [5.74, 6) is 3.02. The second-order valence-electron chi connectivity index (χ2n) is 18.6. The Morgan fingerprint density at radius 1 is 0.797 bits per heavy atom. The highest BCUT2D eigenvalue weighted by Crippen LogP contribution is 2.54. The Kier molecular flexibility index (Phi) is 13.8. The van der Waals surface area contributed by atoms with Gasteiger partial charge in [-0.1, -0.05) is 74.5 Å². The number of nitrogens with zero attached hydrogens (tertiary/aromatic N) is 2. The molecule has 2 aliphatic carbocycles. The summed E-state index contributed by atoms with van der Waals surface area (Å²) in [7, 11) is 0. The molecule has 1 saturated carbocycles. The highest BCUT2D eigenvalue weighted by molar-refractivity contribution is 5.99. The predicted molar refractivity (Wildman–Crippen MR) is 252 cm³/mol. The van der Waals surface area contributed by atoms with Crippen molar-refractivity contribution in [3.63, 3.8) is 0 Å². The molecule has 4 fully saturated rings. The lowest BCUT2D eigenvalue weighted by atomic mass is 9.57. The number of carbonyl (C=O) groups excluding carboxylic acids is 3. The molecule has 7 aliphatic rings. The van der Waals surface area contributed by atoms with Crippen LogP contribution in [0.5, 0.6) is 17.2 Å². The third-order valence-electron chi connectivity index (χ3n) is 14.3. The molecule has 2 atom stereocenters. The maximum atomic E-state index is 12.0. The SMILES string of the molecule is C/C=C\C.CC.O=C1CCCC(=O)N1.O=C1NCc2cc3c(cc21)OCC1(CN(CC2CC4(CCN(c5ccc(C6c7ccc(O)cc7CCC6c6ccccc6)cc5)CC4)C2)C1)O3. The molecule has 10 nitrogen and oxygen atoms in total. The first-order chi connectivity index (χ1) is 31.1. The van der Waals surface area contributed by atoms with E-state index in [4.69, 9.17) is 9.47 Å². The van der Waals surface area contributed by atoms with Crippen molar-refractivity contribution in [3.05, 3.63) is 130 Å². The number of anilines is 1. The molecular weight excluding hydrogens is 801 g/mol. The third kappa shape index (κ3) is 9.72. The number of phenols is 1. The monoisotopic (exact) mass is 866 g/mol. The normalized spacial score (nSPS) is 22.5. The zero-order valence-electron chi connectivity index (χ0n) is 38.2. The van der Waals surface area contributed by atoms with Crippen molar-refractivity contribution in [2.24, 2.45) is 11.3 Å². The van der Waals surface area contributed by atoms with Gasteiger partial charge >= 0.3 is 0 Å². The average Bonchev–Trinajstić information content (AvgIpc) is 3.66. The molecule has 2 spiro atoms. The number of fused-ring (bicyclic) bond motifs is 3. The van der Waals surface area contributed by atoms with Crippen molar-refractivity contribution < 1.29 is 29.0 Å². The van der Waals surface area contributed by atoms with E-state index in [2.05, 4.69) is 81.1 Å². The minimum Gasteiger partial charge on any atom is -0.508 e. The summed E-state index contributed by atoms with van der Waals surface area (Å²) in [6, 6.07) is 30.2. The molecule has 3 N–H and O–H groups in total. The number of amides is 3. The number of piperidine rings is 2. The van der Waals surface area contributed by atoms with Crippen LogP contribution in [0, 0.1) is 11.3 Å². The molecule has 2 unspecified atom stereocenters. The van der Waals surface area contributed by atoms with Gasteiger partial charge in [-0.3, -0.25) is 24.6 Å². The number of imide groups is 1. The first-order valence-electron chi connectivity index (χ1n) is 23.7. The van der Waals surface area contributed by atoms with Crippen LogP contribution in [0.2, 0.25) is 0 Å². The molecule has 10 heteroatoms. The van der Waals surface area contributed by atoms with Gasteiger partial charge in [-0.2, -0.15) is 0 Å². The van der Waals surface area contributed by atoms with Gasteiger partial charge in [0, 0.05) is 69.3 Å². The Balaban J connectivity index is 0.000000349. The van der Waals surface area contributed by atoms with Crippen LogP contribution < -0.4 is 25.0 Å². The molecule has 0 bridgehead atoms. The van der Waals surface area contributed by atoms with Crippen LogP contribution in [0.3, 0.4) is 0 Å². The van der Waals surface area contributed by atoms with E-state index in [9.17, 15) is 19.5 Å². The number of nitrogens with one attached hydrogen (secondary N) is 2. The van der Waals surface area contributed by atoms with Gasteiger partial charge in [-0.05, 0) is 140 Å². The van der Waals surface area contributed by atoms with Crippen LogP contribution in [0.25, 0.3) is 0 Å². The number of hydrogen-bond donors (Lipinski definition) is 3. The molecule has 64 heavy (non-hydrogen) atoms. The van der Waals surface area contributed by atoms with Gasteiger partial charge in [0.2, 0.25) is 11.8 Å². The standard InChI is InChI=1S/C43H45N3O4.C5H7NO2.C4H8.C2H6/c47-34-11-13-36-31(18-34)8-12-35(29-4-2-1-3-5-29)40(36)30-6-9-33(10-7-30)46-16-14-42(15-17-46)21-28(22-42)24-45-25-43(26-45)27-49-38-20-37-32(19-39(38)50-43)23-44-41(37)48;7-4-2-1-3-5(8)6-4;1-3-4-2;1-2/h1-7,9-11,13,18-20,28,35,40,47H,8,12,14-17,21-27H2,(H,44,48);1-3H2,(H,6,7,8);3-4H,1-2H3;1-2H3/b;;4-3-;. The first-order valence-corrected chi connectivity index (χ1v) is 23.7. The van der Waals surface area contributed by atoms with Gasteiger partial charge in [-0.25, -0.2) is 0 Å². The predicted octanol–water partition coefficient (Wildman–Crippen LogP) is 9.44. The van der Waals surface area contributed by atoms with Crippen molar-refractivity contribution in [2.75, 3.05) is 44.2 Å². The van der Waals surface area contributed by atoms with Crippen molar-refractivity contribution in [1.29, 1.82) is 0 Å². The maximum absolute atomic E-state index is 12.0. The van der Waals surface area contributed by atoms with Gasteiger partial charge in [-0.15, -0.1) is 0 Å². The van der Waals surface area contributed by atoms with Crippen molar-refractivity contribution >= 4 is 23.4 Å². The summed E-state index contributed by atoms with van der Waals surface area (Å²) >= 11 is 0. The molecule has 0 aromatic heterocycles. The van der Waals surface area contributed by atoms with Crippen LogP contribution in [0.15, 0.2) is 97.1 Å². The molecular formula is C54H66N4O6. The fourth-order valence-corrected chi connectivity index (χ4v) is 11.1. The Hall–Kier alpha value is -5.61. The van der Waals surface area contributed by atoms with Crippen molar-refractivity contribution in [3.8, 4) is 17.2 Å². The second kappa shape index (κ2) is 19.6. The number of benzene rings is 4. The highest BCUT2D eigenvalue weighted by atomic mass is 16.6. The van der Waals surface area contributed by atoms with E-state index in [1.807, 2.05) is 64.1 Å². The Bertz CT molecular complexity index is 2290. The Morgan fingerprint density at radius 2 is 1.50 bits per heavy atom. The third-order valence-corrected chi connectivity index (χ3v) is 14.3. The number of rotatable bonds is 5. The minimum atomic E-state index is -0.259. The summed E-state index contributed by atoms with van der Waals surface area (Å²) in [6.45, 7) is 14.4. The lowest BCUT2D eigenvalue weighted by Gasteiger charge is -2.57. The van der Waals surface area contributed by atoms with Crippen LogP contribution in [-0.2, 0) is 22.6 Å². The molecule has 4 aromatic carbocycles. The maximum Gasteiger partial charge on any atom is 0.252 e. The van der Waals surface area contributed by atoms with E-state index >= 15 is 0 Å². The zero-order chi connectivity index (χ0) is 44.8. The molecule has 11 rings (SSSR count). The lowest BCUT2D eigenvalue weighted by molar-refractivity contribution is -0.133. The molecule has 5 aliphatic heterocycles. The van der Waals surface area contributed by atoms with E-state index in [1.165, 1.54) is 53.6 Å². The van der Waals surface area contributed by atoms with E-state index < -0.39 is 0 Å². The highest BCUT2D eigenvalue weighted by Gasteiger charge is 2.52. The largest absolute Gasteiger partial charge is 0.508 e. The number of allylic oxidation sites excluding steroid dienone is 2. The fourth-order valence-electron chi connectivity index (χ4n) is 11.1. The van der Waals surface area contributed by atoms with Crippen LogP contribution in [0.1, 0.15) is 129 Å². The smallest absolute Gasteiger partial charge is 0.252 e. The van der Waals surface area contributed by atoms with Crippen LogP contribution >= 0.6 is 0 Å². The summed E-state index contributed by atoms with van der Waals surface area (Å²) in [5, 5.41) is 15.3. The second-order valence-corrected chi connectivity index (χ2v) is 18.6. The van der Waals surface area contributed by atoms with Gasteiger partial charge in [0.1, 0.15) is 12.4 Å². The van der Waals surface area contributed by atoms with E-state index in [-0.39, 0.29) is 29.2 Å². The fraction of sp³-hybridized carbons (Fsp3) is 0.463. The molecule has 3 saturated heterocycles. The van der Waals surface area contributed by atoms with Crippen molar-refractivity contribution in [2.45, 2.75) is 109 Å². The van der Waals surface area contributed by atoms with Gasteiger partial charge < -0.3 is 24.8 Å². The van der Waals surface area contributed by atoms with E-state index in [0.29, 0.717) is 60.8 Å². The molecule has 4 aromatic rings. The minimum absolute atomic E-state index is 0.0261.